The topological polar surface area (TPSA) is 61.7 Å². The van der Waals surface area contributed by atoms with Gasteiger partial charge in [-0.1, -0.05) is 121 Å². The van der Waals surface area contributed by atoms with Crippen molar-refractivity contribution in [1.29, 1.82) is 0 Å². The first-order chi connectivity index (χ1) is 28.8. The molecule has 0 N–H and O–H groups in total. The summed E-state index contributed by atoms with van der Waals surface area (Å²) in [5.41, 5.74) is 8.88. The summed E-state index contributed by atoms with van der Waals surface area (Å²) >= 11 is 1.83. The number of hydrogen-bond acceptors (Lipinski definition) is 5. The van der Waals surface area contributed by atoms with E-state index in [1.807, 2.05) is 23.5 Å². The Morgan fingerprint density at radius 1 is 0.379 bits per heavy atom. The summed E-state index contributed by atoms with van der Waals surface area (Å²) in [6.45, 7) is 0. The minimum Gasteiger partial charge on any atom is -0.456 e. The van der Waals surface area contributed by atoms with Crippen LogP contribution in [0, 0.1) is 0 Å². The van der Waals surface area contributed by atoms with Gasteiger partial charge < -0.3 is 4.42 Å². The van der Waals surface area contributed by atoms with Crippen molar-refractivity contribution in [2.24, 2.45) is 0 Å². The fourth-order valence-electron chi connectivity index (χ4n) is 9.13. The van der Waals surface area contributed by atoms with Gasteiger partial charge in [0.15, 0.2) is 5.82 Å². The van der Waals surface area contributed by atoms with Gasteiger partial charge in [-0.2, -0.15) is 15.0 Å². The number of aromatic nitrogens is 5. The van der Waals surface area contributed by atoms with Gasteiger partial charge in [0.1, 0.15) is 11.2 Å². The monoisotopic (exact) mass is 759 g/mol. The molecular formula is C51H29N5OS. The van der Waals surface area contributed by atoms with Gasteiger partial charge in [-0.05, 0) is 65.7 Å². The molecule has 0 aliphatic rings. The van der Waals surface area contributed by atoms with Crippen molar-refractivity contribution in [2.75, 3.05) is 0 Å². The van der Waals surface area contributed by atoms with Crippen LogP contribution in [-0.2, 0) is 0 Å². The third kappa shape index (κ3) is 4.44. The van der Waals surface area contributed by atoms with E-state index in [4.69, 9.17) is 19.4 Å². The Bertz CT molecular complexity index is 3760. The molecule has 13 aromatic rings. The van der Waals surface area contributed by atoms with Gasteiger partial charge in [-0.3, -0.25) is 9.13 Å². The lowest BCUT2D eigenvalue weighted by molar-refractivity contribution is 0.669. The maximum Gasteiger partial charge on any atom is 0.240 e. The zero-order valence-corrected chi connectivity index (χ0v) is 31.6. The number of nitrogens with zero attached hydrogens (tertiary/aromatic N) is 5. The Morgan fingerprint density at radius 3 is 1.78 bits per heavy atom. The molecule has 0 saturated heterocycles. The Hall–Kier alpha value is -7.61. The van der Waals surface area contributed by atoms with E-state index in [1.54, 1.807) is 0 Å². The van der Waals surface area contributed by atoms with Gasteiger partial charge in [0.05, 0.1) is 22.1 Å². The van der Waals surface area contributed by atoms with Gasteiger partial charge in [-0.25, -0.2) is 0 Å². The average molecular weight is 760 g/mol. The quantitative estimate of drug-likeness (QED) is 0.179. The summed E-state index contributed by atoms with van der Waals surface area (Å²) < 4.78 is 13.5. The molecule has 7 heteroatoms. The Labute approximate surface area is 334 Å². The van der Waals surface area contributed by atoms with Crippen LogP contribution in [0.25, 0.3) is 120 Å². The Kier molecular flexibility index (Phi) is 6.50. The lowest BCUT2D eigenvalue weighted by atomic mass is 9.99. The maximum absolute atomic E-state index is 6.60. The van der Waals surface area contributed by atoms with E-state index < -0.39 is 0 Å². The van der Waals surface area contributed by atoms with Crippen LogP contribution >= 0.6 is 11.3 Å². The highest BCUT2D eigenvalue weighted by molar-refractivity contribution is 7.26. The van der Waals surface area contributed by atoms with Gasteiger partial charge in [0, 0.05) is 58.1 Å². The van der Waals surface area contributed by atoms with E-state index in [1.165, 1.54) is 25.6 Å². The van der Waals surface area contributed by atoms with Crippen molar-refractivity contribution in [3.63, 3.8) is 0 Å². The molecule has 6 nitrogen and oxygen atoms in total. The van der Waals surface area contributed by atoms with Gasteiger partial charge in [-0.15, -0.1) is 11.3 Å². The summed E-state index contributed by atoms with van der Waals surface area (Å²) in [6.07, 6.45) is 0. The van der Waals surface area contributed by atoms with Crippen LogP contribution in [0.2, 0.25) is 0 Å². The van der Waals surface area contributed by atoms with Gasteiger partial charge in [0.25, 0.3) is 0 Å². The second kappa shape index (κ2) is 11.9. The number of para-hydroxylation sites is 3. The van der Waals surface area contributed by atoms with Crippen LogP contribution in [0.4, 0.5) is 0 Å². The predicted octanol–water partition coefficient (Wildman–Crippen LogP) is 13.7. The summed E-state index contributed by atoms with van der Waals surface area (Å²) in [5.74, 6) is 1.64. The third-order valence-corrected chi connectivity index (χ3v) is 12.7. The summed E-state index contributed by atoms with van der Waals surface area (Å²) in [7, 11) is 0. The second-order valence-electron chi connectivity index (χ2n) is 14.8. The van der Waals surface area contributed by atoms with E-state index in [9.17, 15) is 0 Å². The maximum atomic E-state index is 6.60. The molecule has 0 aliphatic heterocycles. The smallest absolute Gasteiger partial charge is 0.240 e. The highest BCUT2D eigenvalue weighted by Gasteiger charge is 2.23. The molecule has 8 aromatic carbocycles. The van der Waals surface area contributed by atoms with E-state index in [0.717, 1.165) is 76.9 Å². The number of furan rings is 1. The van der Waals surface area contributed by atoms with Crippen molar-refractivity contribution in [3.05, 3.63) is 176 Å². The summed E-state index contributed by atoms with van der Waals surface area (Å²) in [5, 5.41) is 9.29. The molecule has 0 amide bonds. The molecule has 270 valence electrons. The van der Waals surface area contributed by atoms with Gasteiger partial charge >= 0.3 is 0 Å². The summed E-state index contributed by atoms with van der Waals surface area (Å²) in [6, 6.07) is 61.8. The molecule has 13 rings (SSSR count). The molecule has 0 saturated carbocycles. The van der Waals surface area contributed by atoms with Crippen LogP contribution < -0.4 is 0 Å². The molecule has 0 atom stereocenters. The normalized spacial score (nSPS) is 12.1. The lowest BCUT2D eigenvalue weighted by Gasteiger charge is -2.12. The molecule has 0 fully saturated rings. The van der Waals surface area contributed by atoms with Crippen molar-refractivity contribution >= 4 is 97.1 Å². The SMILES string of the molecule is c1ccc(-c2cccc3oc4cc(-c5nc(-n6c7ccccc7c7ccccc76)nc(-n6c7ccccc7c7c8c(ccc76)sc6ccccc68)n5)ccc4c23)cc1. The zero-order valence-electron chi connectivity index (χ0n) is 30.8. The molecule has 5 aromatic heterocycles. The number of benzene rings is 8. The highest BCUT2D eigenvalue weighted by Crippen LogP contribution is 2.44. The van der Waals surface area contributed by atoms with E-state index in [-0.39, 0.29) is 0 Å². The molecule has 5 heterocycles. The van der Waals surface area contributed by atoms with Crippen molar-refractivity contribution in [1.82, 2.24) is 24.1 Å². The lowest BCUT2D eigenvalue weighted by Crippen LogP contribution is -2.10. The summed E-state index contributed by atoms with van der Waals surface area (Å²) in [4.78, 5) is 16.1. The molecule has 0 aliphatic carbocycles. The van der Waals surface area contributed by atoms with E-state index in [2.05, 4.69) is 173 Å². The number of thiophene rings is 1. The zero-order chi connectivity index (χ0) is 37.9. The third-order valence-electron chi connectivity index (χ3n) is 11.6. The van der Waals surface area contributed by atoms with Crippen LogP contribution in [0.15, 0.2) is 180 Å². The average Bonchev–Trinajstić information content (AvgIpc) is 4.03. The van der Waals surface area contributed by atoms with Gasteiger partial charge in [0.2, 0.25) is 11.9 Å². The van der Waals surface area contributed by atoms with Crippen molar-refractivity contribution in [2.45, 2.75) is 0 Å². The number of hydrogen-bond donors (Lipinski definition) is 0. The van der Waals surface area contributed by atoms with Crippen LogP contribution in [-0.4, -0.2) is 24.1 Å². The Balaban J connectivity index is 1.11. The number of fused-ring (bicyclic) bond motifs is 13. The molecule has 0 unspecified atom stereocenters. The predicted molar refractivity (Wildman–Crippen MR) is 240 cm³/mol. The first-order valence-electron chi connectivity index (χ1n) is 19.4. The van der Waals surface area contributed by atoms with E-state index >= 15 is 0 Å². The van der Waals surface area contributed by atoms with Crippen LogP contribution in [0.5, 0.6) is 0 Å². The second-order valence-corrected chi connectivity index (χ2v) is 15.9. The molecular weight excluding hydrogens is 731 g/mol. The minimum absolute atomic E-state index is 0.543. The van der Waals surface area contributed by atoms with E-state index in [0.29, 0.717) is 17.7 Å². The first-order valence-corrected chi connectivity index (χ1v) is 20.2. The number of rotatable bonds is 4. The highest BCUT2D eigenvalue weighted by atomic mass is 32.1. The van der Waals surface area contributed by atoms with Crippen molar-refractivity contribution in [3.8, 4) is 34.4 Å². The first kappa shape index (κ1) is 31.6. The minimum atomic E-state index is 0.543. The molecule has 0 spiro atoms. The van der Waals surface area contributed by atoms with Crippen LogP contribution in [0.3, 0.4) is 0 Å². The largest absolute Gasteiger partial charge is 0.456 e. The fraction of sp³-hybridized carbons (Fsp3) is 0. The fourth-order valence-corrected chi connectivity index (χ4v) is 10.2. The standard InChI is InChI=1S/C51H29N5OS/c1-2-13-30(14-3-1)32-19-12-23-42-46(32)36-26-25-31(29-43(36)57-42)49-52-50(55-38-20-8-4-15-33(38)34-16-5-9-21-39(34)55)54-51(53-49)56-40-22-10-6-17-35(40)47-41(56)27-28-45-48(47)37-18-7-11-24-44(37)58-45/h1-29H. The molecule has 58 heavy (non-hydrogen) atoms. The van der Waals surface area contributed by atoms with Crippen molar-refractivity contribution < 1.29 is 4.42 Å². The molecule has 0 bridgehead atoms. The molecule has 0 radical (unpaired) electrons. The van der Waals surface area contributed by atoms with Crippen LogP contribution in [0.1, 0.15) is 0 Å². The Morgan fingerprint density at radius 2 is 1.02 bits per heavy atom.